The third-order valence-corrected chi connectivity index (χ3v) is 9.41. The molecule has 2 N–H and O–H groups in total. The summed E-state index contributed by atoms with van der Waals surface area (Å²) in [7, 11) is 0. The zero-order valence-electron chi connectivity index (χ0n) is 15.6. The lowest BCUT2D eigenvalue weighted by atomic mass is 9.49. The number of allylic oxidation sites excluding steroid dienone is 4. The van der Waals surface area contributed by atoms with Crippen molar-refractivity contribution < 1.29 is 24.5 Å². The molecular weight excluding hydrogens is 368 g/mol. The van der Waals surface area contributed by atoms with Crippen LogP contribution < -0.4 is 0 Å². The summed E-state index contributed by atoms with van der Waals surface area (Å²) in [6.07, 6.45) is 6.82. The molecule has 146 valence electrons. The lowest BCUT2D eigenvalue weighted by Crippen LogP contribution is -2.66. The number of rotatable bonds is 2. The first-order valence-corrected chi connectivity index (χ1v) is 10.2. The molecule has 5 rings (SSSR count). The van der Waals surface area contributed by atoms with E-state index in [9.17, 15) is 19.8 Å². The first kappa shape index (κ1) is 18.0. The van der Waals surface area contributed by atoms with Gasteiger partial charge in [-0.3, -0.25) is 9.59 Å². The largest absolute Gasteiger partial charge is 0.391 e. The van der Waals surface area contributed by atoms with Crippen LogP contribution in [-0.2, 0) is 14.3 Å². The first-order valence-electron chi connectivity index (χ1n) is 9.83. The van der Waals surface area contributed by atoms with Gasteiger partial charge in [-0.1, -0.05) is 25.5 Å². The van der Waals surface area contributed by atoms with Crippen LogP contribution in [-0.4, -0.2) is 50.6 Å². The van der Waals surface area contributed by atoms with Crippen molar-refractivity contribution in [1.82, 2.24) is 0 Å². The number of aliphatic hydroxyl groups is 2. The van der Waals surface area contributed by atoms with Crippen LogP contribution >= 0.6 is 11.6 Å². The molecule has 4 fully saturated rings. The first-order chi connectivity index (χ1) is 12.7. The molecule has 8 atom stereocenters. The molecule has 0 amide bonds. The van der Waals surface area contributed by atoms with Crippen LogP contribution in [0.2, 0.25) is 0 Å². The standard InChI is InChI=1S/C21H25ClO5/c1-11-7-15-14-4-3-12-8-13(24)5-6-18(12,2)20(14,22)16(25)9-19(15)21(11,27-19)17(26)10-23/h5-6,8,11,14-16,23,25H,3-4,7,9-10H2,1-2H3/t11-,14-,15-,16-,18-,19+,20-,21-/m0/s1. The lowest BCUT2D eigenvalue weighted by Gasteiger charge is -2.60. The van der Waals surface area contributed by atoms with E-state index in [1.54, 1.807) is 12.2 Å². The Morgan fingerprint density at radius 2 is 2.15 bits per heavy atom. The number of epoxide rings is 1. The van der Waals surface area contributed by atoms with Crippen molar-refractivity contribution in [1.29, 1.82) is 0 Å². The molecule has 27 heavy (non-hydrogen) atoms. The van der Waals surface area contributed by atoms with Gasteiger partial charge in [0.25, 0.3) is 0 Å². The Balaban J connectivity index is 1.61. The summed E-state index contributed by atoms with van der Waals surface area (Å²) < 4.78 is 6.13. The fraction of sp³-hybridized carbons (Fsp3) is 0.714. The smallest absolute Gasteiger partial charge is 0.193 e. The van der Waals surface area contributed by atoms with E-state index in [-0.39, 0.29) is 29.3 Å². The van der Waals surface area contributed by atoms with Crippen molar-refractivity contribution in [3.8, 4) is 0 Å². The summed E-state index contributed by atoms with van der Waals surface area (Å²) in [4.78, 5) is 23.5. The predicted octanol–water partition coefficient (Wildman–Crippen LogP) is 1.94. The molecule has 6 heteroatoms. The maximum absolute atomic E-state index is 12.6. The number of carbonyl (C=O) groups excluding carboxylic acids is 2. The van der Waals surface area contributed by atoms with Gasteiger partial charge in [-0.15, -0.1) is 11.6 Å². The monoisotopic (exact) mass is 392 g/mol. The summed E-state index contributed by atoms with van der Waals surface area (Å²) >= 11 is 7.30. The third kappa shape index (κ3) is 1.75. The number of hydrogen-bond acceptors (Lipinski definition) is 5. The second kappa shape index (κ2) is 5.12. The lowest BCUT2D eigenvalue weighted by molar-refractivity contribution is -0.128. The van der Waals surface area contributed by atoms with E-state index in [4.69, 9.17) is 16.3 Å². The van der Waals surface area contributed by atoms with Gasteiger partial charge in [-0.2, -0.15) is 0 Å². The second-order valence-electron chi connectivity index (χ2n) is 9.29. The van der Waals surface area contributed by atoms with Gasteiger partial charge < -0.3 is 14.9 Å². The van der Waals surface area contributed by atoms with Gasteiger partial charge in [0, 0.05) is 11.8 Å². The highest BCUT2D eigenvalue weighted by Gasteiger charge is 2.87. The molecule has 0 radical (unpaired) electrons. The van der Waals surface area contributed by atoms with Crippen molar-refractivity contribution in [2.75, 3.05) is 6.61 Å². The van der Waals surface area contributed by atoms with Crippen molar-refractivity contribution >= 4 is 23.2 Å². The van der Waals surface area contributed by atoms with E-state index in [0.717, 1.165) is 24.8 Å². The molecule has 0 unspecified atom stereocenters. The van der Waals surface area contributed by atoms with Crippen molar-refractivity contribution in [3.05, 3.63) is 23.8 Å². The molecule has 0 aromatic heterocycles. The Morgan fingerprint density at radius 3 is 2.85 bits per heavy atom. The number of fused-ring (bicyclic) bond motifs is 4. The average molecular weight is 393 g/mol. The molecule has 1 spiro atoms. The molecule has 1 saturated heterocycles. The Kier molecular flexibility index (Phi) is 3.42. The normalized spacial score (nSPS) is 55.1. The van der Waals surface area contributed by atoms with Gasteiger partial charge in [0.2, 0.25) is 0 Å². The van der Waals surface area contributed by atoms with Gasteiger partial charge in [-0.05, 0) is 49.2 Å². The van der Waals surface area contributed by atoms with Gasteiger partial charge in [0.1, 0.15) is 12.2 Å². The van der Waals surface area contributed by atoms with Crippen molar-refractivity contribution in [2.24, 2.45) is 23.2 Å². The van der Waals surface area contributed by atoms with Gasteiger partial charge >= 0.3 is 0 Å². The van der Waals surface area contributed by atoms with E-state index in [1.807, 2.05) is 19.9 Å². The molecular formula is C21H25ClO5. The van der Waals surface area contributed by atoms with Crippen LogP contribution in [0.4, 0.5) is 0 Å². The minimum Gasteiger partial charge on any atom is -0.391 e. The summed E-state index contributed by atoms with van der Waals surface area (Å²) in [5.41, 5.74) is -1.30. The van der Waals surface area contributed by atoms with Gasteiger partial charge in [0.15, 0.2) is 17.2 Å². The Morgan fingerprint density at radius 1 is 1.41 bits per heavy atom. The maximum atomic E-state index is 12.6. The molecule has 5 nitrogen and oxygen atoms in total. The number of ether oxygens (including phenoxy) is 1. The summed E-state index contributed by atoms with van der Waals surface area (Å²) in [5, 5.41) is 20.8. The number of Topliss-reactive ketones (excluding diaryl/α,β-unsaturated/α-hetero) is 1. The van der Waals surface area contributed by atoms with E-state index in [0.29, 0.717) is 6.42 Å². The molecule has 0 aromatic carbocycles. The highest BCUT2D eigenvalue weighted by Crippen LogP contribution is 2.76. The number of hydrogen-bond donors (Lipinski definition) is 2. The van der Waals surface area contributed by atoms with Crippen LogP contribution in [0.1, 0.15) is 39.5 Å². The minimum atomic E-state index is -0.971. The number of carbonyl (C=O) groups is 2. The van der Waals surface area contributed by atoms with E-state index in [2.05, 4.69) is 0 Å². The molecule has 1 heterocycles. The Hall–Kier alpha value is -1.01. The molecule has 5 aliphatic rings. The minimum absolute atomic E-state index is 0.0124. The summed E-state index contributed by atoms with van der Waals surface area (Å²) in [6, 6.07) is 0. The topological polar surface area (TPSA) is 87.1 Å². The molecule has 0 aromatic rings. The van der Waals surface area contributed by atoms with Gasteiger partial charge in [-0.25, -0.2) is 0 Å². The maximum Gasteiger partial charge on any atom is 0.193 e. The van der Waals surface area contributed by atoms with Crippen LogP contribution in [0.25, 0.3) is 0 Å². The van der Waals surface area contributed by atoms with Gasteiger partial charge in [0.05, 0.1) is 11.0 Å². The molecule has 4 aliphatic carbocycles. The zero-order chi connectivity index (χ0) is 19.4. The molecule has 0 bridgehead atoms. The third-order valence-electron chi connectivity index (χ3n) is 8.48. The van der Waals surface area contributed by atoms with Crippen molar-refractivity contribution in [2.45, 2.75) is 61.7 Å². The van der Waals surface area contributed by atoms with Crippen LogP contribution in [0.3, 0.4) is 0 Å². The van der Waals surface area contributed by atoms with Crippen LogP contribution in [0.15, 0.2) is 23.8 Å². The highest BCUT2D eigenvalue weighted by atomic mass is 35.5. The summed E-state index contributed by atoms with van der Waals surface area (Å²) in [6.45, 7) is 3.47. The van der Waals surface area contributed by atoms with E-state index < -0.39 is 34.2 Å². The molecule has 1 aliphatic heterocycles. The zero-order valence-corrected chi connectivity index (χ0v) is 16.3. The number of aliphatic hydroxyl groups excluding tert-OH is 2. The average Bonchev–Trinajstić information content (AvgIpc) is 3.24. The Labute approximate surface area is 163 Å². The fourth-order valence-corrected chi connectivity index (χ4v) is 7.77. The van der Waals surface area contributed by atoms with Crippen LogP contribution in [0, 0.1) is 23.2 Å². The highest BCUT2D eigenvalue weighted by molar-refractivity contribution is 6.26. The van der Waals surface area contributed by atoms with Crippen LogP contribution in [0.5, 0.6) is 0 Å². The SMILES string of the molecule is C[C@H]1C[C@H]2[C@@H]3CCC4=CC(=O)C=C[C@]4(C)[C@@]3(Cl)[C@@H](O)C[C@@]23O[C@]13C(=O)CO. The number of halogens is 1. The fourth-order valence-electron chi connectivity index (χ4n) is 7.25. The second-order valence-corrected chi connectivity index (χ2v) is 9.92. The predicted molar refractivity (Wildman–Crippen MR) is 98.2 cm³/mol. The summed E-state index contributed by atoms with van der Waals surface area (Å²) in [5.74, 6) is -0.288. The van der Waals surface area contributed by atoms with Crippen molar-refractivity contribution in [3.63, 3.8) is 0 Å². The number of alkyl halides is 1. The quantitative estimate of drug-likeness (QED) is 0.554. The molecule has 3 saturated carbocycles. The Bertz CT molecular complexity index is 819. The number of ketones is 2. The van der Waals surface area contributed by atoms with E-state index in [1.165, 1.54) is 0 Å². The van der Waals surface area contributed by atoms with E-state index >= 15 is 0 Å².